The van der Waals surface area contributed by atoms with Crippen LogP contribution in [0.5, 0.6) is 0 Å². The molecule has 4 nitrogen and oxygen atoms in total. The molecule has 0 saturated carbocycles. The Balaban J connectivity index is 1.35. The Bertz CT molecular complexity index is 463. The number of likely N-dealkylation sites (tertiary alicyclic amines) is 3. The van der Waals surface area contributed by atoms with Crippen LogP contribution in [0.2, 0.25) is 0 Å². The molecule has 4 fully saturated rings. The molecule has 4 rings (SSSR count). The van der Waals surface area contributed by atoms with Crippen molar-refractivity contribution in [3.05, 3.63) is 0 Å². The summed E-state index contributed by atoms with van der Waals surface area (Å²) in [6, 6.07) is 3.17. The second-order valence-electron chi connectivity index (χ2n) is 10.8. The fourth-order valence-corrected chi connectivity index (χ4v) is 6.20. The van der Waals surface area contributed by atoms with Crippen LogP contribution in [0.4, 0.5) is 0 Å². The molecule has 0 aliphatic carbocycles. The molecule has 4 saturated heterocycles. The third kappa shape index (κ3) is 2.94. The summed E-state index contributed by atoms with van der Waals surface area (Å²) in [6.07, 6.45) is 4.21. The lowest BCUT2D eigenvalue weighted by Gasteiger charge is -2.49. The highest BCUT2D eigenvalue weighted by Gasteiger charge is 2.49. The van der Waals surface area contributed by atoms with Gasteiger partial charge in [-0.25, -0.2) is 0 Å². The van der Waals surface area contributed by atoms with E-state index in [1.165, 1.54) is 52.1 Å². The van der Waals surface area contributed by atoms with E-state index in [4.69, 9.17) is 0 Å². The standard InChI is InChI=1S/C20H38N4/c1-19(2,3)23-13-17-9-18(23)12-22(17)14-21-10-15-7-8-16(11-21)24(15)20(4,5)6/h15-18H,7-14H2,1-6H3/t15?,16?,17-,18-/m0/s1. The van der Waals surface area contributed by atoms with Gasteiger partial charge in [0.05, 0.1) is 6.67 Å². The Morgan fingerprint density at radius 1 is 0.708 bits per heavy atom. The van der Waals surface area contributed by atoms with Crippen molar-refractivity contribution in [3.8, 4) is 0 Å². The van der Waals surface area contributed by atoms with Gasteiger partial charge in [-0.1, -0.05) is 0 Å². The van der Waals surface area contributed by atoms with E-state index < -0.39 is 0 Å². The van der Waals surface area contributed by atoms with Gasteiger partial charge in [-0.15, -0.1) is 0 Å². The zero-order chi connectivity index (χ0) is 17.3. The third-order valence-corrected chi connectivity index (χ3v) is 6.93. The van der Waals surface area contributed by atoms with Gasteiger partial charge in [-0.3, -0.25) is 19.6 Å². The molecule has 2 unspecified atom stereocenters. The molecule has 4 aliphatic rings. The van der Waals surface area contributed by atoms with Crippen molar-refractivity contribution in [2.24, 2.45) is 0 Å². The molecule has 0 aromatic heterocycles. The van der Waals surface area contributed by atoms with E-state index in [2.05, 4.69) is 61.1 Å². The highest BCUT2D eigenvalue weighted by Crippen LogP contribution is 2.38. The van der Waals surface area contributed by atoms with Crippen LogP contribution in [0, 0.1) is 0 Å². The van der Waals surface area contributed by atoms with Crippen molar-refractivity contribution in [3.63, 3.8) is 0 Å². The van der Waals surface area contributed by atoms with Gasteiger partial charge in [0, 0.05) is 61.4 Å². The molecule has 0 aromatic rings. The van der Waals surface area contributed by atoms with Gasteiger partial charge in [0.1, 0.15) is 0 Å². The molecule has 24 heavy (non-hydrogen) atoms. The van der Waals surface area contributed by atoms with Crippen molar-refractivity contribution in [2.75, 3.05) is 32.8 Å². The number of hydrogen-bond donors (Lipinski definition) is 0. The minimum absolute atomic E-state index is 0.331. The van der Waals surface area contributed by atoms with Crippen molar-refractivity contribution < 1.29 is 0 Å². The second-order valence-corrected chi connectivity index (χ2v) is 10.8. The molecule has 0 aromatic carbocycles. The first-order valence-corrected chi connectivity index (χ1v) is 10.1. The monoisotopic (exact) mass is 334 g/mol. The van der Waals surface area contributed by atoms with Gasteiger partial charge < -0.3 is 0 Å². The summed E-state index contributed by atoms with van der Waals surface area (Å²) < 4.78 is 0. The second kappa shape index (κ2) is 5.67. The summed E-state index contributed by atoms with van der Waals surface area (Å²) in [4.78, 5) is 11.1. The number of fused-ring (bicyclic) bond motifs is 4. The molecule has 4 heteroatoms. The quantitative estimate of drug-likeness (QED) is 0.769. The minimum Gasteiger partial charge on any atom is -0.293 e. The zero-order valence-corrected chi connectivity index (χ0v) is 16.8. The first kappa shape index (κ1) is 17.3. The SMILES string of the molecule is CC(C)(C)N1C2CCC1CN(CN1C[C@@H]3C[C@H]1CN3C(C)(C)C)C2. The summed E-state index contributed by atoms with van der Waals surface area (Å²) in [5.74, 6) is 0. The average molecular weight is 335 g/mol. The summed E-state index contributed by atoms with van der Waals surface area (Å²) in [5.41, 5.74) is 0.667. The number of nitrogens with zero attached hydrogens (tertiary/aromatic N) is 4. The molecule has 4 bridgehead atoms. The van der Waals surface area contributed by atoms with Gasteiger partial charge in [0.15, 0.2) is 0 Å². The normalized spacial score (nSPS) is 39.2. The topological polar surface area (TPSA) is 13.0 Å². The van der Waals surface area contributed by atoms with Gasteiger partial charge in [0.25, 0.3) is 0 Å². The molecule has 0 N–H and O–H groups in total. The molecule has 0 spiro atoms. The molecular weight excluding hydrogens is 296 g/mol. The average Bonchev–Trinajstić information content (AvgIpc) is 3.09. The van der Waals surface area contributed by atoms with Crippen molar-refractivity contribution in [1.82, 2.24) is 19.6 Å². The number of rotatable bonds is 2. The maximum absolute atomic E-state index is 2.82. The molecule has 4 atom stereocenters. The summed E-state index contributed by atoms with van der Waals surface area (Å²) in [6.45, 7) is 20.7. The molecule has 4 heterocycles. The zero-order valence-electron chi connectivity index (χ0n) is 16.8. The molecule has 0 amide bonds. The maximum Gasteiger partial charge on any atom is 0.0511 e. The molecule has 138 valence electrons. The Hall–Kier alpha value is -0.160. The smallest absolute Gasteiger partial charge is 0.0511 e. The Kier molecular flexibility index (Phi) is 4.08. The summed E-state index contributed by atoms with van der Waals surface area (Å²) >= 11 is 0. The summed E-state index contributed by atoms with van der Waals surface area (Å²) in [5, 5.41) is 0. The molecule has 0 radical (unpaired) electrons. The lowest BCUT2D eigenvalue weighted by Crippen LogP contribution is -2.62. The van der Waals surface area contributed by atoms with Crippen LogP contribution >= 0.6 is 0 Å². The third-order valence-electron chi connectivity index (χ3n) is 6.93. The molecular formula is C20H38N4. The molecule has 4 aliphatic heterocycles. The maximum atomic E-state index is 2.82. The van der Waals surface area contributed by atoms with Crippen molar-refractivity contribution >= 4 is 0 Å². The predicted octanol–water partition coefficient (Wildman–Crippen LogP) is 2.45. The Morgan fingerprint density at radius 2 is 1.33 bits per heavy atom. The van der Waals surface area contributed by atoms with Crippen LogP contribution in [0.3, 0.4) is 0 Å². The fourth-order valence-electron chi connectivity index (χ4n) is 6.20. The van der Waals surface area contributed by atoms with E-state index in [1.54, 1.807) is 0 Å². The van der Waals surface area contributed by atoms with E-state index >= 15 is 0 Å². The van der Waals surface area contributed by atoms with Crippen molar-refractivity contribution in [1.29, 1.82) is 0 Å². The van der Waals surface area contributed by atoms with Gasteiger partial charge in [0.2, 0.25) is 0 Å². The highest BCUT2D eigenvalue weighted by atomic mass is 15.4. The van der Waals surface area contributed by atoms with Gasteiger partial charge in [-0.2, -0.15) is 0 Å². The highest BCUT2D eigenvalue weighted by molar-refractivity contribution is 5.05. The Morgan fingerprint density at radius 3 is 1.79 bits per heavy atom. The number of hydrogen-bond acceptors (Lipinski definition) is 4. The number of piperazine rings is 2. The van der Waals surface area contributed by atoms with Crippen LogP contribution in [-0.4, -0.2) is 87.7 Å². The van der Waals surface area contributed by atoms with Crippen LogP contribution in [0.25, 0.3) is 0 Å². The predicted molar refractivity (Wildman–Crippen MR) is 100 cm³/mol. The lowest BCUT2D eigenvalue weighted by molar-refractivity contribution is -0.0299. The summed E-state index contributed by atoms with van der Waals surface area (Å²) in [7, 11) is 0. The van der Waals surface area contributed by atoms with E-state index in [-0.39, 0.29) is 0 Å². The van der Waals surface area contributed by atoms with Gasteiger partial charge in [-0.05, 0) is 60.8 Å². The van der Waals surface area contributed by atoms with E-state index in [0.717, 1.165) is 24.2 Å². The van der Waals surface area contributed by atoms with Crippen LogP contribution < -0.4 is 0 Å². The minimum atomic E-state index is 0.331. The van der Waals surface area contributed by atoms with Crippen molar-refractivity contribution in [2.45, 2.75) is 96.1 Å². The van der Waals surface area contributed by atoms with Crippen LogP contribution in [0.1, 0.15) is 60.8 Å². The van der Waals surface area contributed by atoms with E-state index in [0.29, 0.717) is 11.1 Å². The van der Waals surface area contributed by atoms with E-state index in [9.17, 15) is 0 Å². The largest absolute Gasteiger partial charge is 0.293 e. The lowest BCUT2D eigenvalue weighted by atomic mass is 10.0. The first-order chi connectivity index (χ1) is 11.1. The first-order valence-electron chi connectivity index (χ1n) is 10.1. The fraction of sp³-hybridized carbons (Fsp3) is 1.00. The Labute approximate surface area is 149 Å². The van der Waals surface area contributed by atoms with Crippen LogP contribution in [-0.2, 0) is 0 Å². The van der Waals surface area contributed by atoms with Gasteiger partial charge >= 0.3 is 0 Å². The van der Waals surface area contributed by atoms with Crippen LogP contribution in [0.15, 0.2) is 0 Å². The van der Waals surface area contributed by atoms with E-state index in [1.807, 2.05) is 0 Å².